The van der Waals surface area contributed by atoms with Crippen LogP contribution in [0.5, 0.6) is 0 Å². The van der Waals surface area contributed by atoms with Gasteiger partial charge in [0.15, 0.2) is 0 Å². The zero-order valence-corrected chi connectivity index (χ0v) is 13.3. The lowest BCUT2D eigenvalue weighted by Gasteiger charge is -2.34. The first-order valence-electron chi connectivity index (χ1n) is 7.77. The summed E-state index contributed by atoms with van der Waals surface area (Å²) >= 11 is 0. The van der Waals surface area contributed by atoms with Crippen LogP contribution in [0.2, 0.25) is 0 Å². The molecule has 0 aromatic carbocycles. The minimum atomic E-state index is -2.67. The maximum absolute atomic E-state index is 13.9. The third-order valence-corrected chi connectivity index (χ3v) is 3.59. The Morgan fingerprint density at radius 1 is 1.38 bits per heavy atom. The minimum absolute atomic E-state index is 0.0519. The Balaban J connectivity index is 2.22. The molecule has 1 aliphatic rings. The first-order chi connectivity index (χ1) is 9.78. The molecule has 1 amide bonds. The fourth-order valence-corrected chi connectivity index (χ4v) is 2.58. The number of hydrogen-bond acceptors (Lipinski definition) is 3. The van der Waals surface area contributed by atoms with Crippen LogP contribution in [-0.4, -0.2) is 55.1 Å². The maximum atomic E-state index is 13.9. The number of nitrogens with one attached hydrogen (secondary N) is 1. The molecule has 21 heavy (non-hydrogen) atoms. The lowest BCUT2D eigenvalue weighted by molar-refractivity contribution is -0.120. The second-order valence-electron chi connectivity index (χ2n) is 6.13. The Hall–Kier alpha value is -0.750. The SMILES string of the molecule is CC(=O)NC1CCN(CC(F)(F)CCCOC(C)C)CC1. The Morgan fingerprint density at radius 3 is 2.52 bits per heavy atom. The molecule has 124 valence electrons. The van der Waals surface area contributed by atoms with Crippen molar-refractivity contribution in [3.63, 3.8) is 0 Å². The molecule has 0 atom stereocenters. The van der Waals surface area contributed by atoms with Gasteiger partial charge in [-0.05, 0) is 33.1 Å². The molecule has 4 nitrogen and oxygen atoms in total. The fraction of sp³-hybridized carbons (Fsp3) is 0.933. The van der Waals surface area contributed by atoms with E-state index in [0.29, 0.717) is 26.1 Å². The van der Waals surface area contributed by atoms with Crippen LogP contribution in [0.4, 0.5) is 8.78 Å². The Kier molecular flexibility index (Phi) is 7.52. The number of carbonyl (C=O) groups excluding carboxylic acids is 1. The summed E-state index contributed by atoms with van der Waals surface area (Å²) in [7, 11) is 0. The smallest absolute Gasteiger partial charge is 0.260 e. The topological polar surface area (TPSA) is 41.6 Å². The van der Waals surface area contributed by atoms with E-state index in [4.69, 9.17) is 4.74 Å². The molecule has 0 saturated carbocycles. The van der Waals surface area contributed by atoms with Crippen LogP contribution in [-0.2, 0) is 9.53 Å². The number of piperidine rings is 1. The van der Waals surface area contributed by atoms with Crippen molar-refractivity contribution in [2.45, 2.75) is 64.5 Å². The molecule has 0 aliphatic carbocycles. The third-order valence-electron chi connectivity index (χ3n) is 3.59. The summed E-state index contributed by atoms with van der Waals surface area (Å²) in [5.74, 6) is -2.72. The number of amides is 1. The van der Waals surface area contributed by atoms with Crippen LogP contribution in [0.3, 0.4) is 0 Å². The van der Waals surface area contributed by atoms with Gasteiger partial charge >= 0.3 is 0 Å². The molecule has 1 aliphatic heterocycles. The van der Waals surface area contributed by atoms with Gasteiger partial charge in [-0.2, -0.15) is 0 Å². The third kappa shape index (κ3) is 8.31. The number of halogens is 2. The predicted molar refractivity (Wildman–Crippen MR) is 78.5 cm³/mol. The largest absolute Gasteiger partial charge is 0.379 e. The van der Waals surface area contributed by atoms with Crippen molar-refractivity contribution in [2.24, 2.45) is 0 Å². The molecule has 1 rings (SSSR count). The number of ether oxygens (including phenoxy) is 1. The van der Waals surface area contributed by atoms with Gasteiger partial charge in [0.2, 0.25) is 5.91 Å². The number of hydrogen-bond donors (Lipinski definition) is 1. The number of likely N-dealkylation sites (tertiary alicyclic amines) is 1. The molecule has 0 unspecified atom stereocenters. The summed E-state index contributed by atoms with van der Waals surface area (Å²) in [5.41, 5.74) is 0. The minimum Gasteiger partial charge on any atom is -0.379 e. The molecule has 0 bridgehead atoms. The summed E-state index contributed by atoms with van der Waals surface area (Å²) in [4.78, 5) is 12.8. The van der Waals surface area contributed by atoms with E-state index >= 15 is 0 Å². The number of alkyl halides is 2. The standard InChI is InChI=1S/C15H28F2N2O2/c1-12(2)21-10-4-7-15(16,17)11-19-8-5-14(6-9-19)18-13(3)20/h12,14H,4-11H2,1-3H3,(H,18,20). The van der Waals surface area contributed by atoms with Crippen molar-refractivity contribution >= 4 is 5.91 Å². The van der Waals surface area contributed by atoms with Crippen molar-refractivity contribution in [3.8, 4) is 0 Å². The molecular weight excluding hydrogens is 278 g/mol. The first-order valence-corrected chi connectivity index (χ1v) is 7.77. The van der Waals surface area contributed by atoms with Gasteiger partial charge < -0.3 is 10.1 Å². The van der Waals surface area contributed by atoms with Crippen LogP contribution in [0.25, 0.3) is 0 Å². The first kappa shape index (κ1) is 18.3. The normalized spacial score (nSPS) is 18.2. The summed E-state index contributed by atoms with van der Waals surface area (Å²) in [5, 5.41) is 2.85. The highest BCUT2D eigenvalue weighted by molar-refractivity contribution is 5.73. The van der Waals surface area contributed by atoms with E-state index in [0.717, 1.165) is 12.8 Å². The highest BCUT2D eigenvalue weighted by Gasteiger charge is 2.32. The Labute approximate surface area is 126 Å². The molecule has 1 heterocycles. The van der Waals surface area contributed by atoms with E-state index < -0.39 is 5.92 Å². The second-order valence-corrected chi connectivity index (χ2v) is 6.13. The van der Waals surface area contributed by atoms with Gasteiger partial charge in [-0.3, -0.25) is 9.69 Å². The Morgan fingerprint density at radius 2 is 2.00 bits per heavy atom. The summed E-state index contributed by atoms with van der Waals surface area (Å²) in [6.45, 7) is 6.71. The number of carbonyl (C=O) groups is 1. The van der Waals surface area contributed by atoms with Crippen LogP contribution in [0.15, 0.2) is 0 Å². The fourth-order valence-electron chi connectivity index (χ4n) is 2.58. The molecule has 0 radical (unpaired) electrons. The van der Waals surface area contributed by atoms with E-state index in [1.54, 1.807) is 4.90 Å². The molecule has 1 fully saturated rings. The monoisotopic (exact) mass is 306 g/mol. The molecule has 0 aromatic heterocycles. The van der Waals surface area contributed by atoms with Crippen LogP contribution < -0.4 is 5.32 Å². The van der Waals surface area contributed by atoms with Gasteiger partial charge in [0, 0.05) is 39.1 Å². The maximum Gasteiger partial charge on any atom is 0.260 e. The van der Waals surface area contributed by atoms with E-state index in [9.17, 15) is 13.6 Å². The van der Waals surface area contributed by atoms with Crippen molar-refractivity contribution in [2.75, 3.05) is 26.2 Å². The van der Waals surface area contributed by atoms with Crippen LogP contribution in [0.1, 0.15) is 46.5 Å². The van der Waals surface area contributed by atoms with Gasteiger partial charge in [0.25, 0.3) is 5.92 Å². The zero-order chi connectivity index (χ0) is 15.9. The van der Waals surface area contributed by atoms with E-state index in [-0.39, 0.29) is 31.0 Å². The summed E-state index contributed by atoms with van der Waals surface area (Å²) in [6.07, 6.45) is 1.82. The number of rotatable bonds is 8. The van der Waals surface area contributed by atoms with Crippen molar-refractivity contribution in [1.82, 2.24) is 10.2 Å². The number of nitrogens with zero attached hydrogens (tertiary/aromatic N) is 1. The second kappa shape index (κ2) is 8.63. The predicted octanol–water partition coefficient (Wildman–Crippen LogP) is 2.43. The van der Waals surface area contributed by atoms with Crippen molar-refractivity contribution in [1.29, 1.82) is 0 Å². The van der Waals surface area contributed by atoms with Gasteiger partial charge in [-0.15, -0.1) is 0 Å². The average molecular weight is 306 g/mol. The molecule has 1 saturated heterocycles. The van der Waals surface area contributed by atoms with E-state index in [1.807, 2.05) is 13.8 Å². The van der Waals surface area contributed by atoms with Crippen LogP contribution in [0, 0.1) is 0 Å². The zero-order valence-electron chi connectivity index (χ0n) is 13.3. The Bertz CT molecular complexity index is 317. The summed E-state index contributed by atoms with van der Waals surface area (Å²) < 4.78 is 33.0. The summed E-state index contributed by atoms with van der Waals surface area (Å²) in [6, 6.07) is 0.131. The lowest BCUT2D eigenvalue weighted by atomic mass is 10.0. The molecule has 1 N–H and O–H groups in total. The van der Waals surface area contributed by atoms with Crippen LogP contribution >= 0.6 is 0 Å². The van der Waals surface area contributed by atoms with E-state index in [1.165, 1.54) is 6.92 Å². The molecular formula is C15H28F2N2O2. The quantitative estimate of drug-likeness (QED) is 0.700. The van der Waals surface area contributed by atoms with Crippen molar-refractivity contribution < 1.29 is 18.3 Å². The average Bonchev–Trinajstić information content (AvgIpc) is 2.36. The highest BCUT2D eigenvalue weighted by Crippen LogP contribution is 2.24. The molecule has 0 spiro atoms. The van der Waals surface area contributed by atoms with Gasteiger partial charge in [-0.25, -0.2) is 8.78 Å². The lowest BCUT2D eigenvalue weighted by Crippen LogP contribution is -2.47. The van der Waals surface area contributed by atoms with Gasteiger partial charge in [0.05, 0.1) is 12.6 Å². The highest BCUT2D eigenvalue weighted by atomic mass is 19.3. The molecule has 6 heteroatoms. The van der Waals surface area contributed by atoms with Gasteiger partial charge in [-0.1, -0.05) is 0 Å². The van der Waals surface area contributed by atoms with Gasteiger partial charge in [0.1, 0.15) is 0 Å². The van der Waals surface area contributed by atoms with E-state index in [2.05, 4.69) is 5.32 Å². The molecule has 0 aromatic rings. The van der Waals surface area contributed by atoms with Crippen molar-refractivity contribution in [3.05, 3.63) is 0 Å².